The molecule has 3 atom stereocenters. The molecule has 0 radical (unpaired) electrons. The van der Waals surface area contributed by atoms with Gasteiger partial charge in [-0.15, -0.1) is 0 Å². The molecule has 3 unspecified atom stereocenters. The van der Waals surface area contributed by atoms with Gasteiger partial charge in [0.1, 0.15) is 5.82 Å². The van der Waals surface area contributed by atoms with E-state index in [-0.39, 0.29) is 22.5 Å². The van der Waals surface area contributed by atoms with Crippen LogP contribution >= 0.6 is 11.6 Å². The molecule has 0 aromatic heterocycles. The Bertz CT molecular complexity index is 505. The molecule has 5 heteroatoms. The van der Waals surface area contributed by atoms with Crippen LogP contribution in [0.15, 0.2) is 18.2 Å². The fraction of sp³-hybridized carbons (Fsp3) is 0.625. The standard InChI is InChI=1S/C16H21ClFNO2/c17-13-3-1-2-11(15(13)18)8-14(19)12-4-6-21-16(9-12)5-7-20-10-16/h1-3,12,14H,4-10,19H2. The number of benzene rings is 1. The van der Waals surface area contributed by atoms with E-state index >= 15 is 0 Å². The quantitative estimate of drug-likeness (QED) is 0.933. The van der Waals surface area contributed by atoms with Crippen molar-refractivity contribution in [3.63, 3.8) is 0 Å². The Morgan fingerprint density at radius 2 is 2.29 bits per heavy atom. The van der Waals surface area contributed by atoms with Crippen molar-refractivity contribution in [3.8, 4) is 0 Å². The highest BCUT2D eigenvalue weighted by molar-refractivity contribution is 6.30. The Morgan fingerprint density at radius 1 is 1.43 bits per heavy atom. The van der Waals surface area contributed by atoms with E-state index in [0.29, 0.717) is 31.1 Å². The maximum atomic E-state index is 14.0. The summed E-state index contributed by atoms with van der Waals surface area (Å²) in [5.74, 6) is -0.0144. The van der Waals surface area contributed by atoms with E-state index in [1.807, 2.05) is 0 Å². The first kappa shape index (κ1) is 15.2. The van der Waals surface area contributed by atoms with Crippen molar-refractivity contribution in [1.29, 1.82) is 0 Å². The molecular weight excluding hydrogens is 293 g/mol. The summed E-state index contributed by atoms with van der Waals surface area (Å²) in [6.07, 6.45) is 3.26. The third-order valence-corrected chi connectivity index (χ3v) is 4.98. The van der Waals surface area contributed by atoms with Crippen LogP contribution in [0.4, 0.5) is 4.39 Å². The van der Waals surface area contributed by atoms with Gasteiger partial charge in [-0.3, -0.25) is 0 Å². The highest BCUT2D eigenvalue weighted by Gasteiger charge is 2.42. The topological polar surface area (TPSA) is 44.5 Å². The molecule has 2 N–H and O–H groups in total. The summed E-state index contributed by atoms with van der Waals surface area (Å²) in [7, 11) is 0. The zero-order valence-electron chi connectivity index (χ0n) is 12.0. The predicted octanol–water partition coefficient (Wildman–Crippen LogP) is 2.93. The van der Waals surface area contributed by atoms with Gasteiger partial charge in [0, 0.05) is 25.7 Å². The number of ether oxygens (including phenoxy) is 2. The smallest absolute Gasteiger partial charge is 0.145 e. The number of halogens is 2. The average Bonchev–Trinajstić information content (AvgIpc) is 2.92. The van der Waals surface area contributed by atoms with Gasteiger partial charge in [-0.1, -0.05) is 23.7 Å². The van der Waals surface area contributed by atoms with Gasteiger partial charge < -0.3 is 15.2 Å². The molecule has 0 amide bonds. The van der Waals surface area contributed by atoms with E-state index in [0.717, 1.165) is 25.9 Å². The predicted molar refractivity (Wildman–Crippen MR) is 79.9 cm³/mol. The minimum absolute atomic E-state index is 0.0839. The van der Waals surface area contributed by atoms with Gasteiger partial charge in [-0.25, -0.2) is 4.39 Å². The first-order valence-corrected chi connectivity index (χ1v) is 7.88. The van der Waals surface area contributed by atoms with Gasteiger partial charge in [-0.2, -0.15) is 0 Å². The lowest BCUT2D eigenvalue weighted by Gasteiger charge is -2.39. The first-order chi connectivity index (χ1) is 10.1. The maximum Gasteiger partial charge on any atom is 0.145 e. The maximum absolute atomic E-state index is 14.0. The normalized spacial score (nSPS) is 30.7. The molecule has 0 bridgehead atoms. The number of nitrogens with two attached hydrogens (primary N) is 1. The Morgan fingerprint density at radius 3 is 3.05 bits per heavy atom. The van der Waals surface area contributed by atoms with E-state index in [9.17, 15) is 4.39 Å². The molecule has 1 aromatic carbocycles. The van der Waals surface area contributed by atoms with Crippen LogP contribution in [0.2, 0.25) is 5.02 Å². The van der Waals surface area contributed by atoms with E-state index in [2.05, 4.69) is 0 Å². The van der Waals surface area contributed by atoms with Crippen molar-refractivity contribution in [1.82, 2.24) is 0 Å². The summed E-state index contributed by atoms with van der Waals surface area (Å²) in [5, 5.41) is 0.160. The van der Waals surface area contributed by atoms with Crippen molar-refractivity contribution < 1.29 is 13.9 Å². The molecule has 1 spiro atoms. The van der Waals surface area contributed by atoms with Crippen LogP contribution in [0.5, 0.6) is 0 Å². The second kappa shape index (κ2) is 6.21. The second-order valence-corrected chi connectivity index (χ2v) is 6.58. The average molecular weight is 314 g/mol. The minimum Gasteiger partial charge on any atom is -0.378 e. The molecule has 21 heavy (non-hydrogen) atoms. The van der Waals surface area contributed by atoms with Gasteiger partial charge in [-0.05, 0) is 36.8 Å². The molecule has 2 heterocycles. The van der Waals surface area contributed by atoms with Crippen LogP contribution in [0.3, 0.4) is 0 Å². The van der Waals surface area contributed by atoms with Crippen LogP contribution in [-0.2, 0) is 15.9 Å². The summed E-state index contributed by atoms with van der Waals surface area (Å²) in [4.78, 5) is 0. The van der Waals surface area contributed by atoms with Crippen LogP contribution in [-0.4, -0.2) is 31.5 Å². The van der Waals surface area contributed by atoms with Crippen LogP contribution in [0.1, 0.15) is 24.8 Å². The molecule has 3 rings (SSSR count). The number of hydrogen-bond acceptors (Lipinski definition) is 3. The highest BCUT2D eigenvalue weighted by Crippen LogP contribution is 2.37. The Kier molecular flexibility index (Phi) is 4.50. The van der Waals surface area contributed by atoms with Gasteiger partial charge >= 0.3 is 0 Å². The van der Waals surface area contributed by atoms with Crippen molar-refractivity contribution >= 4 is 11.6 Å². The van der Waals surface area contributed by atoms with Crippen molar-refractivity contribution in [2.75, 3.05) is 19.8 Å². The third-order valence-electron chi connectivity index (χ3n) is 4.69. The van der Waals surface area contributed by atoms with Crippen molar-refractivity contribution in [3.05, 3.63) is 34.6 Å². The zero-order chi connectivity index (χ0) is 14.9. The third kappa shape index (κ3) is 3.24. The Balaban J connectivity index is 1.67. The van der Waals surface area contributed by atoms with Crippen molar-refractivity contribution in [2.24, 2.45) is 11.7 Å². The molecular formula is C16H21ClFNO2. The van der Waals surface area contributed by atoms with Gasteiger partial charge in [0.15, 0.2) is 0 Å². The first-order valence-electron chi connectivity index (χ1n) is 7.50. The molecule has 1 aromatic rings. The van der Waals surface area contributed by atoms with E-state index in [1.54, 1.807) is 18.2 Å². The van der Waals surface area contributed by atoms with Gasteiger partial charge in [0.2, 0.25) is 0 Å². The lowest BCUT2D eigenvalue weighted by atomic mass is 9.79. The molecule has 2 aliphatic rings. The summed E-state index contributed by atoms with van der Waals surface area (Å²) in [6.45, 7) is 2.12. The summed E-state index contributed by atoms with van der Waals surface area (Å²) in [5.41, 5.74) is 6.78. The minimum atomic E-state index is -0.347. The molecule has 0 aliphatic carbocycles. The molecule has 3 nitrogen and oxygen atoms in total. The summed E-state index contributed by atoms with van der Waals surface area (Å²) < 4.78 is 25.4. The highest BCUT2D eigenvalue weighted by atomic mass is 35.5. The molecule has 2 saturated heterocycles. The largest absolute Gasteiger partial charge is 0.378 e. The van der Waals surface area contributed by atoms with Crippen LogP contribution in [0.25, 0.3) is 0 Å². The molecule has 2 fully saturated rings. The number of rotatable bonds is 3. The van der Waals surface area contributed by atoms with E-state index in [4.69, 9.17) is 26.8 Å². The lowest BCUT2D eigenvalue weighted by molar-refractivity contribution is -0.101. The summed E-state index contributed by atoms with van der Waals surface area (Å²) in [6, 6.07) is 5.00. The lowest BCUT2D eigenvalue weighted by Crippen LogP contribution is -2.46. The van der Waals surface area contributed by atoms with Gasteiger partial charge in [0.25, 0.3) is 0 Å². The second-order valence-electron chi connectivity index (χ2n) is 6.17. The van der Waals surface area contributed by atoms with E-state index in [1.165, 1.54) is 0 Å². The molecule has 116 valence electrons. The van der Waals surface area contributed by atoms with Crippen LogP contribution in [0, 0.1) is 11.7 Å². The van der Waals surface area contributed by atoms with Crippen molar-refractivity contribution in [2.45, 2.75) is 37.3 Å². The Hall–Kier alpha value is -0.680. The fourth-order valence-corrected chi connectivity index (χ4v) is 3.62. The molecule has 2 aliphatic heterocycles. The van der Waals surface area contributed by atoms with Crippen LogP contribution < -0.4 is 5.73 Å². The van der Waals surface area contributed by atoms with E-state index < -0.39 is 0 Å². The monoisotopic (exact) mass is 313 g/mol. The molecule has 0 saturated carbocycles. The Labute approximate surface area is 129 Å². The summed E-state index contributed by atoms with van der Waals surface area (Å²) >= 11 is 5.83. The fourth-order valence-electron chi connectivity index (χ4n) is 3.42. The SMILES string of the molecule is NC(Cc1cccc(Cl)c1F)C1CCOC2(CCOC2)C1. The zero-order valence-corrected chi connectivity index (χ0v) is 12.7. The number of hydrogen-bond donors (Lipinski definition) is 1. The van der Waals surface area contributed by atoms with Gasteiger partial charge in [0.05, 0.1) is 17.2 Å².